The smallest absolute Gasteiger partial charge is 0.305 e. The minimum Gasteiger partial charge on any atom is -0.469 e. The molecule has 2 amide bonds. The van der Waals surface area contributed by atoms with E-state index >= 15 is 0 Å². The van der Waals surface area contributed by atoms with Crippen LogP contribution in [0.1, 0.15) is 19.3 Å². The summed E-state index contributed by atoms with van der Waals surface area (Å²) >= 11 is 3.08. The molecule has 3 N–H and O–H groups in total. The van der Waals surface area contributed by atoms with Crippen molar-refractivity contribution in [2.24, 2.45) is 5.92 Å². The van der Waals surface area contributed by atoms with Gasteiger partial charge in [0, 0.05) is 23.5 Å². The molecule has 27 heavy (non-hydrogen) atoms. The van der Waals surface area contributed by atoms with Crippen molar-refractivity contribution < 1.29 is 19.1 Å². The first kappa shape index (κ1) is 19.9. The normalized spacial score (nSPS) is 23.2. The van der Waals surface area contributed by atoms with Gasteiger partial charge in [-0.1, -0.05) is 23.9 Å². The molecule has 2 aliphatic heterocycles. The Kier molecular flexibility index (Phi) is 6.89. The lowest BCUT2D eigenvalue weighted by atomic mass is 10.1. The highest BCUT2D eigenvalue weighted by atomic mass is 32.2. The van der Waals surface area contributed by atoms with Crippen LogP contribution in [0.15, 0.2) is 29.2 Å². The summed E-state index contributed by atoms with van der Waals surface area (Å²) < 4.78 is 4.58. The summed E-state index contributed by atoms with van der Waals surface area (Å²) in [6, 6.07) is 7.81. The summed E-state index contributed by atoms with van der Waals surface area (Å²) in [4.78, 5) is 37.2. The first-order chi connectivity index (χ1) is 13.1. The van der Waals surface area contributed by atoms with Crippen LogP contribution in [0, 0.1) is 5.92 Å². The Labute approximate surface area is 166 Å². The van der Waals surface area contributed by atoms with Gasteiger partial charge in [-0.25, -0.2) is 0 Å². The molecule has 0 spiro atoms. The van der Waals surface area contributed by atoms with Gasteiger partial charge in [0.25, 0.3) is 5.91 Å². The van der Waals surface area contributed by atoms with Crippen molar-refractivity contribution in [1.29, 1.82) is 0 Å². The van der Waals surface area contributed by atoms with E-state index in [4.69, 9.17) is 0 Å². The second-order valence-electron chi connectivity index (χ2n) is 6.30. The number of benzene rings is 1. The van der Waals surface area contributed by atoms with Crippen LogP contribution < -0.4 is 16.0 Å². The molecule has 1 aromatic carbocycles. The van der Waals surface area contributed by atoms with E-state index in [0.29, 0.717) is 13.0 Å². The van der Waals surface area contributed by atoms with Gasteiger partial charge in [-0.05, 0) is 30.7 Å². The summed E-state index contributed by atoms with van der Waals surface area (Å²) in [7, 11) is 1.35. The molecule has 3 unspecified atom stereocenters. The average molecular weight is 410 g/mol. The second kappa shape index (κ2) is 9.36. The van der Waals surface area contributed by atoms with Gasteiger partial charge in [0.2, 0.25) is 5.91 Å². The van der Waals surface area contributed by atoms with Crippen LogP contribution in [0.4, 0.5) is 5.69 Å². The molecule has 0 bridgehead atoms. The Morgan fingerprint density at radius 2 is 2.07 bits per heavy atom. The molecule has 0 aliphatic carbocycles. The lowest BCUT2D eigenvalue weighted by Crippen LogP contribution is -2.46. The molecule has 7 nitrogen and oxygen atoms in total. The van der Waals surface area contributed by atoms with Gasteiger partial charge in [-0.3, -0.25) is 14.4 Å². The number of para-hydroxylation sites is 1. The van der Waals surface area contributed by atoms with Crippen molar-refractivity contribution in [2.75, 3.05) is 24.7 Å². The van der Waals surface area contributed by atoms with Crippen LogP contribution in [0.2, 0.25) is 0 Å². The Balaban J connectivity index is 1.46. The number of fused-ring (bicyclic) bond motifs is 1. The Bertz CT molecular complexity index is 691. The molecule has 3 atom stereocenters. The van der Waals surface area contributed by atoms with E-state index < -0.39 is 0 Å². The molecule has 3 rings (SSSR count). The number of esters is 1. The minimum absolute atomic E-state index is 0.0783. The lowest BCUT2D eigenvalue weighted by molar-refractivity contribution is -0.141. The fourth-order valence-corrected chi connectivity index (χ4v) is 5.36. The highest BCUT2D eigenvalue weighted by Gasteiger charge is 2.37. The highest BCUT2D eigenvalue weighted by Crippen LogP contribution is 2.38. The number of hydrogen-bond donors (Lipinski definition) is 3. The number of carbonyl (C=O) groups is 3. The molecular weight excluding hydrogens is 386 g/mol. The molecule has 0 aromatic heterocycles. The van der Waals surface area contributed by atoms with Crippen LogP contribution in [0.25, 0.3) is 0 Å². The van der Waals surface area contributed by atoms with E-state index in [1.54, 1.807) is 11.8 Å². The van der Waals surface area contributed by atoms with Crippen molar-refractivity contribution in [3.05, 3.63) is 24.3 Å². The van der Waals surface area contributed by atoms with E-state index in [0.717, 1.165) is 22.8 Å². The minimum atomic E-state index is -0.382. The number of carbonyl (C=O) groups excluding carboxylic acids is 3. The summed E-state index contributed by atoms with van der Waals surface area (Å²) in [5.74, 6) is 0.0974. The zero-order chi connectivity index (χ0) is 19.2. The first-order valence-corrected chi connectivity index (χ1v) is 10.8. The number of amides is 2. The van der Waals surface area contributed by atoms with Gasteiger partial charge >= 0.3 is 5.97 Å². The maximum atomic E-state index is 12.6. The van der Waals surface area contributed by atoms with Gasteiger partial charge in [-0.2, -0.15) is 0 Å². The molecule has 9 heteroatoms. The van der Waals surface area contributed by atoms with Crippen molar-refractivity contribution in [2.45, 2.75) is 34.9 Å². The third-order valence-corrected chi connectivity index (χ3v) is 6.91. The Hall–Kier alpha value is -1.87. The van der Waals surface area contributed by atoms with E-state index in [2.05, 4.69) is 20.7 Å². The third-order valence-electron chi connectivity index (χ3n) is 4.45. The SMILES string of the molecule is COC(=O)CCCNC(=O)C1CCSC1NC(=O)C1Nc2ccccc2S1. The maximum Gasteiger partial charge on any atom is 0.305 e. The van der Waals surface area contributed by atoms with Crippen LogP contribution in [0.3, 0.4) is 0 Å². The van der Waals surface area contributed by atoms with Crippen molar-refractivity contribution in [1.82, 2.24) is 10.6 Å². The lowest BCUT2D eigenvalue weighted by Gasteiger charge is -2.21. The van der Waals surface area contributed by atoms with E-state index in [1.165, 1.54) is 18.9 Å². The van der Waals surface area contributed by atoms with Gasteiger partial charge in [0.1, 0.15) is 0 Å². The number of anilines is 1. The number of methoxy groups -OCH3 is 1. The Morgan fingerprint density at radius 1 is 1.26 bits per heavy atom. The molecule has 146 valence electrons. The third kappa shape index (κ3) is 5.10. The first-order valence-electron chi connectivity index (χ1n) is 8.87. The fraction of sp³-hybridized carbons (Fsp3) is 0.500. The fourth-order valence-electron chi connectivity index (χ4n) is 3.00. The van der Waals surface area contributed by atoms with Gasteiger partial charge < -0.3 is 20.7 Å². The molecular formula is C18H23N3O4S2. The van der Waals surface area contributed by atoms with Gasteiger partial charge in [-0.15, -0.1) is 11.8 Å². The second-order valence-corrected chi connectivity index (χ2v) is 8.70. The van der Waals surface area contributed by atoms with Crippen LogP contribution in [-0.4, -0.2) is 47.9 Å². The molecule has 1 saturated heterocycles. The zero-order valence-corrected chi connectivity index (χ0v) is 16.7. The number of nitrogens with one attached hydrogen (secondary N) is 3. The van der Waals surface area contributed by atoms with Gasteiger partial charge in [0.05, 0.1) is 18.4 Å². The topological polar surface area (TPSA) is 96.5 Å². The standard InChI is InChI=1S/C18H23N3O4S2/c1-25-14(22)7-4-9-19-15(23)11-8-10-26-17(11)21-16(24)18-20-12-5-2-3-6-13(12)27-18/h2-3,5-6,11,17-18,20H,4,7-10H2,1H3,(H,19,23)(H,21,24). The number of rotatable bonds is 7. The Morgan fingerprint density at radius 3 is 2.85 bits per heavy atom. The molecule has 0 saturated carbocycles. The van der Waals surface area contributed by atoms with Crippen molar-refractivity contribution in [3.63, 3.8) is 0 Å². The molecule has 0 radical (unpaired) electrons. The quantitative estimate of drug-likeness (QED) is 0.467. The van der Waals surface area contributed by atoms with Crippen LogP contribution in [-0.2, 0) is 19.1 Å². The highest BCUT2D eigenvalue weighted by molar-refractivity contribution is 8.01. The van der Waals surface area contributed by atoms with E-state index in [1.807, 2.05) is 24.3 Å². The average Bonchev–Trinajstić information content (AvgIpc) is 3.31. The maximum absolute atomic E-state index is 12.6. The zero-order valence-electron chi connectivity index (χ0n) is 15.0. The molecule has 1 fully saturated rings. The summed E-state index contributed by atoms with van der Waals surface area (Å²) in [5.41, 5.74) is 0.960. The largest absolute Gasteiger partial charge is 0.469 e. The van der Waals surface area contributed by atoms with E-state index in [9.17, 15) is 14.4 Å². The number of thioether (sulfide) groups is 2. The monoisotopic (exact) mass is 409 g/mol. The predicted octanol–water partition coefficient (Wildman–Crippen LogP) is 1.80. The summed E-state index contributed by atoms with van der Waals surface area (Å²) in [6.45, 7) is 0.422. The van der Waals surface area contributed by atoms with Crippen molar-refractivity contribution >= 4 is 47.0 Å². The molecule has 1 aromatic rings. The predicted molar refractivity (Wildman–Crippen MR) is 106 cm³/mol. The summed E-state index contributed by atoms with van der Waals surface area (Å²) in [6.07, 6.45) is 1.54. The van der Waals surface area contributed by atoms with E-state index in [-0.39, 0.29) is 40.9 Å². The number of ether oxygens (including phenoxy) is 1. The van der Waals surface area contributed by atoms with Crippen molar-refractivity contribution in [3.8, 4) is 0 Å². The number of hydrogen-bond acceptors (Lipinski definition) is 7. The molecule has 2 aliphatic rings. The van der Waals surface area contributed by atoms with Crippen LogP contribution >= 0.6 is 23.5 Å². The summed E-state index contributed by atoms with van der Waals surface area (Å²) in [5, 5.41) is 8.46. The van der Waals surface area contributed by atoms with Crippen LogP contribution in [0.5, 0.6) is 0 Å². The van der Waals surface area contributed by atoms with Gasteiger partial charge in [0.15, 0.2) is 5.37 Å². The molecule has 2 heterocycles.